The molecule has 0 amide bonds. The van der Waals surface area contributed by atoms with Crippen LogP contribution in [0.5, 0.6) is 0 Å². The molecule has 8 heavy (non-hydrogen) atoms. The van der Waals surface area contributed by atoms with Crippen LogP contribution in [-0.2, 0) is 4.74 Å². The summed E-state index contributed by atoms with van der Waals surface area (Å²) in [5.74, 6) is 0. The van der Waals surface area contributed by atoms with Crippen molar-refractivity contribution in [3.05, 3.63) is 0 Å². The second-order valence-electron chi connectivity index (χ2n) is 0.890. The van der Waals surface area contributed by atoms with E-state index in [1.165, 1.54) is 0 Å². The normalized spacial score (nSPS) is 12.8. The minimum atomic E-state index is -4.98. The van der Waals surface area contributed by atoms with E-state index in [1.807, 2.05) is 0 Å². The van der Waals surface area contributed by atoms with Crippen molar-refractivity contribution in [2.75, 3.05) is 0 Å². The molecule has 0 heterocycles. The van der Waals surface area contributed by atoms with E-state index in [9.17, 15) is 13.2 Å². The minimum absolute atomic E-state index is 2.55. The molecule has 0 aromatic rings. The van der Waals surface area contributed by atoms with Crippen molar-refractivity contribution in [1.29, 1.82) is 0 Å². The van der Waals surface area contributed by atoms with E-state index in [0.29, 0.717) is 0 Å². The second kappa shape index (κ2) is 2.29. The number of aliphatic hydroxyl groups excluding tert-OH is 1. The number of halogens is 3. The lowest BCUT2D eigenvalue weighted by Gasteiger charge is -2.06. The first kappa shape index (κ1) is 7.67. The van der Waals surface area contributed by atoms with Crippen LogP contribution in [-0.4, -0.2) is 23.1 Å². The van der Waals surface area contributed by atoms with Gasteiger partial charge in [-0.15, -0.1) is 13.2 Å². The number of hydrogen-bond donors (Lipinski definition) is 2. The van der Waals surface area contributed by atoms with Gasteiger partial charge in [-0.05, 0) is 0 Å². The van der Waals surface area contributed by atoms with Crippen LogP contribution in [0.25, 0.3) is 0 Å². The SMILES string of the molecule is OC(O)OC(F)(F)F. The monoisotopic (exact) mass is 132 g/mol. The number of alkyl halides is 3. The minimum Gasteiger partial charge on any atom is -0.346 e. The standard InChI is InChI=1S/C2H3F3O3/c3-2(4,5)8-1(6)7/h1,6-7H. The predicted molar refractivity (Wildman–Crippen MR) is 15.4 cm³/mol. The predicted octanol–water partition coefficient (Wildman–Crippen LogP) is -0.209. The highest BCUT2D eigenvalue weighted by Crippen LogP contribution is 2.16. The number of aliphatic hydroxyl groups is 2. The Kier molecular flexibility index (Phi) is 2.20. The highest BCUT2D eigenvalue weighted by atomic mass is 19.4. The summed E-state index contributed by atoms with van der Waals surface area (Å²) in [6, 6.07) is 0. The summed E-state index contributed by atoms with van der Waals surface area (Å²) in [4.78, 5) is 0. The van der Waals surface area contributed by atoms with Crippen molar-refractivity contribution in [2.45, 2.75) is 12.8 Å². The summed E-state index contributed by atoms with van der Waals surface area (Å²) >= 11 is 0. The molecule has 0 aromatic carbocycles. The first-order valence-electron chi connectivity index (χ1n) is 1.52. The van der Waals surface area contributed by atoms with Crippen LogP contribution in [0.1, 0.15) is 0 Å². The molecule has 0 fully saturated rings. The van der Waals surface area contributed by atoms with Crippen LogP contribution in [0.2, 0.25) is 0 Å². The maximum Gasteiger partial charge on any atom is 0.526 e. The van der Waals surface area contributed by atoms with Crippen molar-refractivity contribution in [3.63, 3.8) is 0 Å². The van der Waals surface area contributed by atoms with Crippen LogP contribution in [0.3, 0.4) is 0 Å². The van der Waals surface area contributed by atoms with E-state index in [0.717, 1.165) is 0 Å². The molecule has 0 aromatic heterocycles. The molecule has 0 spiro atoms. The van der Waals surface area contributed by atoms with Gasteiger partial charge in [0.1, 0.15) is 0 Å². The van der Waals surface area contributed by atoms with Gasteiger partial charge in [-0.2, -0.15) is 0 Å². The molecule has 0 atom stereocenters. The summed E-state index contributed by atoms with van der Waals surface area (Å²) in [6.07, 6.45) is -4.98. The van der Waals surface area contributed by atoms with Gasteiger partial charge >= 0.3 is 6.36 Å². The lowest BCUT2D eigenvalue weighted by atomic mass is 11.2. The lowest BCUT2D eigenvalue weighted by molar-refractivity contribution is -0.414. The van der Waals surface area contributed by atoms with Gasteiger partial charge in [-0.25, -0.2) is 4.74 Å². The molecule has 0 bridgehead atoms. The molecule has 3 nitrogen and oxygen atoms in total. The molecular weight excluding hydrogens is 129 g/mol. The van der Waals surface area contributed by atoms with E-state index >= 15 is 0 Å². The van der Waals surface area contributed by atoms with E-state index in [1.54, 1.807) is 0 Å². The number of ether oxygens (including phenoxy) is 1. The van der Waals surface area contributed by atoms with Gasteiger partial charge < -0.3 is 10.2 Å². The number of hydrogen-bond acceptors (Lipinski definition) is 3. The van der Waals surface area contributed by atoms with Gasteiger partial charge in [0.15, 0.2) is 0 Å². The third kappa shape index (κ3) is 5.67. The van der Waals surface area contributed by atoms with Gasteiger partial charge in [0.05, 0.1) is 0 Å². The molecule has 0 rings (SSSR count). The number of rotatable bonds is 1. The van der Waals surface area contributed by atoms with Crippen LogP contribution in [0.15, 0.2) is 0 Å². The Morgan fingerprint density at radius 1 is 1.25 bits per heavy atom. The zero-order valence-electron chi connectivity index (χ0n) is 3.51. The molecule has 0 radical (unpaired) electrons. The molecule has 0 saturated heterocycles. The highest BCUT2D eigenvalue weighted by molar-refractivity contribution is 4.21. The van der Waals surface area contributed by atoms with Crippen molar-refractivity contribution in [2.24, 2.45) is 0 Å². The van der Waals surface area contributed by atoms with E-state index in [-0.39, 0.29) is 0 Å². The van der Waals surface area contributed by atoms with Gasteiger partial charge in [-0.3, -0.25) is 0 Å². The zero-order valence-corrected chi connectivity index (χ0v) is 3.51. The molecule has 0 unspecified atom stereocenters. The Labute approximate surface area is 42.3 Å². The molecule has 6 heteroatoms. The third-order valence-electron chi connectivity index (χ3n) is 0.239. The fourth-order valence-electron chi connectivity index (χ4n) is 0.120. The molecule has 0 saturated carbocycles. The topological polar surface area (TPSA) is 49.7 Å². The van der Waals surface area contributed by atoms with Gasteiger partial charge in [0, 0.05) is 0 Å². The summed E-state index contributed by atoms with van der Waals surface area (Å²) in [6.45, 7) is -2.78. The lowest BCUT2D eigenvalue weighted by Crippen LogP contribution is -2.22. The zero-order chi connectivity index (χ0) is 6.78. The Bertz CT molecular complexity index is 67.4. The van der Waals surface area contributed by atoms with Crippen LogP contribution >= 0.6 is 0 Å². The summed E-state index contributed by atoms with van der Waals surface area (Å²) in [5, 5.41) is 15.0. The van der Waals surface area contributed by atoms with Crippen molar-refractivity contribution in [3.8, 4) is 0 Å². The second-order valence-corrected chi connectivity index (χ2v) is 0.890. The summed E-state index contributed by atoms with van der Waals surface area (Å²) in [5.41, 5.74) is 0. The van der Waals surface area contributed by atoms with Crippen LogP contribution < -0.4 is 0 Å². The first-order chi connectivity index (χ1) is 3.42. The Hall–Kier alpha value is -0.330. The Morgan fingerprint density at radius 2 is 1.62 bits per heavy atom. The smallest absolute Gasteiger partial charge is 0.346 e. The summed E-state index contributed by atoms with van der Waals surface area (Å²) in [7, 11) is 0. The molecule has 0 aliphatic rings. The van der Waals surface area contributed by atoms with Crippen LogP contribution in [0.4, 0.5) is 13.2 Å². The molecule has 0 aliphatic carbocycles. The maximum absolute atomic E-state index is 10.8. The third-order valence-corrected chi connectivity index (χ3v) is 0.239. The van der Waals surface area contributed by atoms with E-state index in [4.69, 9.17) is 10.2 Å². The highest BCUT2D eigenvalue weighted by Gasteiger charge is 2.32. The van der Waals surface area contributed by atoms with E-state index in [2.05, 4.69) is 4.74 Å². The van der Waals surface area contributed by atoms with Crippen molar-refractivity contribution >= 4 is 0 Å². The quantitative estimate of drug-likeness (QED) is 0.485. The van der Waals surface area contributed by atoms with Gasteiger partial charge in [0.2, 0.25) is 0 Å². The van der Waals surface area contributed by atoms with Crippen molar-refractivity contribution in [1.82, 2.24) is 0 Å². The molecule has 50 valence electrons. The average molecular weight is 132 g/mol. The Morgan fingerprint density at radius 3 is 1.62 bits per heavy atom. The van der Waals surface area contributed by atoms with Crippen molar-refractivity contribution < 1.29 is 28.1 Å². The fourth-order valence-corrected chi connectivity index (χ4v) is 0.120. The molecule has 0 aliphatic heterocycles. The largest absolute Gasteiger partial charge is 0.526 e. The fraction of sp³-hybridized carbons (Fsp3) is 1.00. The van der Waals surface area contributed by atoms with Crippen LogP contribution in [0, 0.1) is 0 Å². The maximum atomic E-state index is 10.8. The summed E-state index contributed by atoms with van der Waals surface area (Å²) < 4.78 is 34.8. The van der Waals surface area contributed by atoms with Gasteiger partial charge in [-0.1, -0.05) is 0 Å². The first-order valence-corrected chi connectivity index (χ1v) is 1.52. The van der Waals surface area contributed by atoms with E-state index < -0.39 is 12.8 Å². The average Bonchev–Trinajstić information content (AvgIpc) is 1.21. The molecule has 2 N–H and O–H groups in total. The molecular formula is C2H3F3O3. The van der Waals surface area contributed by atoms with Gasteiger partial charge in [0.25, 0.3) is 6.48 Å². The Balaban J connectivity index is 3.39.